The van der Waals surface area contributed by atoms with Crippen molar-refractivity contribution >= 4 is 0 Å². The molecule has 1 aromatic heterocycles. The van der Waals surface area contributed by atoms with Gasteiger partial charge in [-0.2, -0.15) is 0 Å². The van der Waals surface area contributed by atoms with Gasteiger partial charge in [-0.25, -0.2) is 0 Å². The predicted octanol–water partition coefficient (Wildman–Crippen LogP) is 3.06. The second-order valence-corrected chi connectivity index (χ2v) is 7.40. The summed E-state index contributed by atoms with van der Waals surface area (Å²) in [5, 5.41) is 0. The molecule has 1 unspecified atom stereocenters. The first-order valence-electron chi connectivity index (χ1n) is 7.78. The zero-order valence-corrected chi connectivity index (χ0v) is 12.8. The van der Waals surface area contributed by atoms with Gasteiger partial charge in [0.15, 0.2) is 0 Å². The lowest BCUT2D eigenvalue weighted by Crippen LogP contribution is -2.32. The SMILES string of the molecule is CC(C)(C)c1cc(C2CC2)cn(CC2CCOC2)c1=O. The van der Waals surface area contributed by atoms with Crippen LogP contribution in [-0.4, -0.2) is 17.8 Å². The van der Waals surface area contributed by atoms with Crippen LogP contribution in [0.25, 0.3) is 0 Å². The van der Waals surface area contributed by atoms with Crippen molar-refractivity contribution < 1.29 is 4.74 Å². The summed E-state index contributed by atoms with van der Waals surface area (Å²) in [6.45, 7) is 8.83. The van der Waals surface area contributed by atoms with Gasteiger partial charge in [0, 0.05) is 30.8 Å². The Bertz CT molecular complexity index is 543. The highest BCUT2D eigenvalue weighted by molar-refractivity contribution is 5.30. The minimum absolute atomic E-state index is 0.0874. The summed E-state index contributed by atoms with van der Waals surface area (Å²) in [5.41, 5.74) is 2.42. The molecule has 0 bridgehead atoms. The second kappa shape index (κ2) is 5.03. The van der Waals surface area contributed by atoms with Gasteiger partial charge < -0.3 is 9.30 Å². The maximum Gasteiger partial charge on any atom is 0.254 e. The van der Waals surface area contributed by atoms with Crippen molar-refractivity contribution in [2.24, 2.45) is 5.92 Å². The van der Waals surface area contributed by atoms with Gasteiger partial charge in [-0.3, -0.25) is 4.79 Å². The summed E-state index contributed by atoms with van der Waals surface area (Å²) in [4.78, 5) is 12.7. The first-order chi connectivity index (χ1) is 9.45. The molecular formula is C17H25NO2. The van der Waals surface area contributed by atoms with E-state index in [1.165, 1.54) is 18.4 Å². The maximum absolute atomic E-state index is 12.7. The number of pyridine rings is 1. The molecule has 0 spiro atoms. The van der Waals surface area contributed by atoms with Gasteiger partial charge in [-0.05, 0) is 42.2 Å². The molecule has 1 aliphatic carbocycles. The largest absolute Gasteiger partial charge is 0.381 e. The summed E-state index contributed by atoms with van der Waals surface area (Å²) in [6.07, 6.45) is 5.72. The van der Waals surface area contributed by atoms with Crippen LogP contribution >= 0.6 is 0 Å². The zero-order valence-electron chi connectivity index (χ0n) is 12.8. The fourth-order valence-corrected chi connectivity index (χ4v) is 2.98. The van der Waals surface area contributed by atoms with E-state index in [1.807, 2.05) is 4.57 Å². The van der Waals surface area contributed by atoms with Crippen molar-refractivity contribution in [1.29, 1.82) is 0 Å². The Morgan fingerprint density at radius 3 is 2.60 bits per heavy atom. The van der Waals surface area contributed by atoms with Crippen molar-refractivity contribution in [1.82, 2.24) is 4.57 Å². The number of hydrogen-bond acceptors (Lipinski definition) is 2. The summed E-state index contributed by atoms with van der Waals surface area (Å²) in [7, 11) is 0. The second-order valence-electron chi connectivity index (χ2n) is 7.40. The van der Waals surface area contributed by atoms with Crippen LogP contribution in [0, 0.1) is 5.92 Å². The third-order valence-electron chi connectivity index (χ3n) is 4.44. The third-order valence-corrected chi connectivity index (χ3v) is 4.44. The van der Waals surface area contributed by atoms with E-state index in [4.69, 9.17) is 4.74 Å². The van der Waals surface area contributed by atoms with Gasteiger partial charge in [0.05, 0.1) is 6.61 Å². The lowest BCUT2D eigenvalue weighted by atomic mass is 9.86. The van der Waals surface area contributed by atoms with Crippen LogP contribution in [-0.2, 0) is 16.7 Å². The molecule has 0 radical (unpaired) electrons. The fraction of sp³-hybridized carbons (Fsp3) is 0.706. The molecule has 1 saturated heterocycles. The van der Waals surface area contributed by atoms with Crippen LogP contribution in [0.1, 0.15) is 57.1 Å². The highest BCUT2D eigenvalue weighted by Gasteiger charge is 2.28. The zero-order chi connectivity index (χ0) is 14.3. The lowest BCUT2D eigenvalue weighted by molar-refractivity contribution is 0.182. The average Bonchev–Trinajstić information content (AvgIpc) is 3.09. The minimum atomic E-state index is -0.0874. The Balaban J connectivity index is 1.98. The molecule has 3 heteroatoms. The Morgan fingerprint density at radius 2 is 2.05 bits per heavy atom. The lowest BCUT2D eigenvalue weighted by Gasteiger charge is -2.22. The Morgan fingerprint density at radius 1 is 1.30 bits per heavy atom. The first-order valence-corrected chi connectivity index (χ1v) is 7.78. The van der Waals surface area contributed by atoms with Crippen LogP contribution in [0.2, 0.25) is 0 Å². The normalized spacial score (nSPS) is 23.2. The predicted molar refractivity (Wildman–Crippen MR) is 80.3 cm³/mol. The van der Waals surface area contributed by atoms with E-state index in [-0.39, 0.29) is 11.0 Å². The molecule has 1 aromatic rings. The standard InChI is InChI=1S/C17H25NO2/c1-17(2,3)15-8-14(13-4-5-13)10-18(16(15)19)9-12-6-7-20-11-12/h8,10,12-13H,4-7,9,11H2,1-3H3. The van der Waals surface area contributed by atoms with Gasteiger partial charge in [0.2, 0.25) is 0 Å². The van der Waals surface area contributed by atoms with E-state index < -0.39 is 0 Å². The Labute approximate surface area is 121 Å². The highest BCUT2D eigenvalue weighted by atomic mass is 16.5. The van der Waals surface area contributed by atoms with E-state index in [0.29, 0.717) is 11.8 Å². The smallest absolute Gasteiger partial charge is 0.254 e. The van der Waals surface area contributed by atoms with Gasteiger partial charge in [-0.15, -0.1) is 0 Å². The number of aromatic nitrogens is 1. The van der Waals surface area contributed by atoms with Crippen molar-refractivity contribution in [2.45, 2.75) is 57.9 Å². The van der Waals surface area contributed by atoms with Gasteiger partial charge in [-0.1, -0.05) is 20.8 Å². The third kappa shape index (κ3) is 2.83. The maximum atomic E-state index is 12.7. The molecule has 1 saturated carbocycles. The number of hydrogen-bond donors (Lipinski definition) is 0. The minimum Gasteiger partial charge on any atom is -0.381 e. The van der Waals surface area contributed by atoms with Gasteiger partial charge >= 0.3 is 0 Å². The Hall–Kier alpha value is -1.09. The van der Waals surface area contributed by atoms with Crippen LogP contribution in [0.4, 0.5) is 0 Å². The van der Waals surface area contributed by atoms with E-state index in [2.05, 4.69) is 33.0 Å². The van der Waals surface area contributed by atoms with Crippen molar-refractivity contribution in [3.05, 3.63) is 33.7 Å². The summed E-state index contributed by atoms with van der Waals surface area (Å²) >= 11 is 0. The molecule has 1 aliphatic heterocycles. The molecule has 0 N–H and O–H groups in total. The van der Waals surface area contributed by atoms with Crippen LogP contribution in [0.5, 0.6) is 0 Å². The topological polar surface area (TPSA) is 31.2 Å². The number of rotatable bonds is 3. The molecule has 20 heavy (non-hydrogen) atoms. The molecule has 110 valence electrons. The molecule has 0 amide bonds. The van der Waals surface area contributed by atoms with Crippen molar-refractivity contribution in [3.63, 3.8) is 0 Å². The van der Waals surface area contributed by atoms with E-state index in [0.717, 1.165) is 31.7 Å². The van der Waals surface area contributed by atoms with Crippen LogP contribution in [0.3, 0.4) is 0 Å². The summed E-state index contributed by atoms with van der Waals surface area (Å²) in [5.74, 6) is 1.18. The van der Waals surface area contributed by atoms with Crippen LogP contribution < -0.4 is 5.56 Å². The molecule has 3 nitrogen and oxygen atoms in total. The molecular weight excluding hydrogens is 250 g/mol. The summed E-state index contributed by atoms with van der Waals surface area (Å²) in [6, 6.07) is 2.15. The van der Waals surface area contributed by atoms with Crippen LogP contribution in [0.15, 0.2) is 17.1 Å². The van der Waals surface area contributed by atoms with E-state index in [9.17, 15) is 4.79 Å². The highest BCUT2D eigenvalue weighted by Crippen LogP contribution is 2.40. The number of ether oxygens (including phenoxy) is 1. The molecule has 0 aromatic carbocycles. The molecule has 2 heterocycles. The molecule has 2 aliphatic rings. The molecule has 1 atom stereocenters. The average molecular weight is 275 g/mol. The van der Waals surface area contributed by atoms with E-state index in [1.54, 1.807) is 0 Å². The van der Waals surface area contributed by atoms with Crippen molar-refractivity contribution in [2.75, 3.05) is 13.2 Å². The van der Waals surface area contributed by atoms with Gasteiger partial charge in [0.1, 0.15) is 0 Å². The quantitative estimate of drug-likeness (QED) is 0.849. The monoisotopic (exact) mass is 275 g/mol. The number of nitrogens with zero attached hydrogens (tertiary/aromatic N) is 1. The first kappa shape index (κ1) is 13.9. The Kier molecular flexibility index (Phi) is 3.49. The molecule has 3 rings (SSSR count). The van der Waals surface area contributed by atoms with E-state index >= 15 is 0 Å². The van der Waals surface area contributed by atoms with Crippen molar-refractivity contribution in [3.8, 4) is 0 Å². The van der Waals surface area contributed by atoms with Gasteiger partial charge in [0.25, 0.3) is 5.56 Å². The fourth-order valence-electron chi connectivity index (χ4n) is 2.98. The summed E-state index contributed by atoms with van der Waals surface area (Å²) < 4.78 is 7.39. The molecule has 2 fully saturated rings.